The summed E-state index contributed by atoms with van der Waals surface area (Å²) in [6, 6.07) is 2.69. The van der Waals surface area contributed by atoms with E-state index in [9.17, 15) is 18.3 Å². The zero-order valence-corrected chi connectivity index (χ0v) is 13.1. The fourth-order valence-corrected chi connectivity index (χ4v) is 3.09. The van der Waals surface area contributed by atoms with Crippen molar-refractivity contribution in [1.82, 2.24) is 24.5 Å². The van der Waals surface area contributed by atoms with Crippen LogP contribution in [0.25, 0.3) is 0 Å². The summed E-state index contributed by atoms with van der Waals surface area (Å²) in [7, 11) is 0. The number of aliphatic hydroxyl groups excluding tert-OH is 1. The van der Waals surface area contributed by atoms with Gasteiger partial charge >= 0.3 is 6.18 Å². The summed E-state index contributed by atoms with van der Waals surface area (Å²) in [5, 5.41) is 17.9. The average molecular weight is 343 g/mol. The molecule has 1 N–H and O–H groups in total. The highest BCUT2D eigenvalue weighted by atomic mass is 19.4. The zero-order chi connectivity index (χ0) is 17.2. The number of rotatable bonds is 5. The van der Waals surface area contributed by atoms with Crippen LogP contribution in [0, 0.1) is 0 Å². The van der Waals surface area contributed by atoms with E-state index in [2.05, 4.69) is 15.1 Å². The first-order chi connectivity index (χ1) is 11.4. The number of nitrogens with zero attached hydrogens (tertiary/aromatic N) is 5. The second kappa shape index (κ2) is 6.94. The van der Waals surface area contributed by atoms with Crippen LogP contribution in [0.5, 0.6) is 0 Å². The van der Waals surface area contributed by atoms with Crippen molar-refractivity contribution in [2.24, 2.45) is 0 Å². The Morgan fingerprint density at radius 3 is 2.79 bits per heavy atom. The minimum atomic E-state index is -4.42. The normalized spacial score (nSPS) is 21.1. The highest BCUT2D eigenvalue weighted by Gasteiger charge is 2.34. The van der Waals surface area contributed by atoms with Crippen LogP contribution >= 0.6 is 0 Å². The summed E-state index contributed by atoms with van der Waals surface area (Å²) in [6.45, 7) is 2.26. The lowest BCUT2D eigenvalue weighted by Crippen LogP contribution is -2.42. The first-order valence-corrected chi connectivity index (χ1v) is 7.92. The molecule has 1 aliphatic heterocycles. The molecular weight excluding hydrogens is 323 g/mol. The third-order valence-electron chi connectivity index (χ3n) is 4.18. The van der Waals surface area contributed by atoms with Gasteiger partial charge in [-0.2, -0.15) is 23.4 Å². The minimum Gasteiger partial charge on any atom is -0.390 e. The highest BCUT2D eigenvalue weighted by Crippen LogP contribution is 2.29. The van der Waals surface area contributed by atoms with E-state index in [0.717, 1.165) is 25.5 Å². The summed E-state index contributed by atoms with van der Waals surface area (Å²) in [6.07, 6.45) is 1.47. The van der Waals surface area contributed by atoms with Crippen molar-refractivity contribution < 1.29 is 18.3 Å². The summed E-state index contributed by atoms with van der Waals surface area (Å²) in [5.74, 6) is 0. The maximum atomic E-state index is 12.7. The lowest BCUT2D eigenvalue weighted by Gasteiger charge is -2.34. The molecule has 0 amide bonds. The van der Waals surface area contributed by atoms with E-state index < -0.39 is 18.0 Å². The van der Waals surface area contributed by atoms with Crippen LogP contribution < -0.4 is 0 Å². The van der Waals surface area contributed by atoms with Gasteiger partial charge in [-0.1, -0.05) is 0 Å². The lowest BCUT2D eigenvalue weighted by molar-refractivity contribution is -0.141. The third-order valence-corrected chi connectivity index (χ3v) is 4.18. The van der Waals surface area contributed by atoms with E-state index in [1.54, 1.807) is 23.1 Å². The van der Waals surface area contributed by atoms with Crippen LogP contribution in [0.4, 0.5) is 13.2 Å². The van der Waals surface area contributed by atoms with Crippen molar-refractivity contribution in [1.29, 1.82) is 0 Å². The molecule has 1 saturated heterocycles. The number of piperidine rings is 1. The van der Waals surface area contributed by atoms with Crippen LogP contribution in [0.15, 0.2) is 30.7 Å². The molecule has 3 heterocycles. The molecule has 2 atom stereocenters. The van der Waals surface area contributed by atoms with Crippen molar-refractivity contribution in [3.05, 3.63) is 36.4 Å². The molecule has 132 valence electrons. The zero-order valence-electron chi connectivity index (χ0n) is 13.1. The Hall–Kier alpha value is -1.87. The average Bonchev–Trinajstić information content (AvgIpc) is 3.17. The molecule has 0 bridgehead atoms. The van der Waals surface area contributed by atoms with Gasteiger partial charge in [0.25, 0.3) is 0 Å². The molecular formula is C15H20F3N5O. The van der Waals surface area contributed by atoms with Gasteiger partial charge < -0.3 is 5.11 Å². The topological polar surface area (TPSA) is 59.1 Å². The Morgan fingerprint density at radius 2 is 2.12 bits per heavy atom. The van der Waals surface area contributed by atoms with Crippen molar-refractivity contribution in [3.8, 4) is 0 Å². The molecule has 2 unspecified atom stereocenters. The van der Waals surface area contributed by atoms with Crippen LogP contribution in [-0.2, 0) is 12.7 Å². The predicted molar refractivity (Wildman–Crippen MR) is 80.2 cm³/mol. The minimum absolute atomic E-state index is 0.105. The monoisotopic (exact) mass is 343 g/mol. The van der Waals surface area contributed by atoms with E-state index in [1.807, 2.05) is 0 Å². The largest absolute Gasteiger partial charge is 0.435 e. The maximum Gasteiger partial charge on any atom is 0.435 e. The fraction of sp³-hybridized carbons (Fsp3) is 0.600. The number of β-amino-alcohol motifs (C(OH)–C–C–N with tert-alkyl or cyclic N) is 1. The van der Waals surface area contributed by atoms with Gasteiger partial charge in [0.1, 0.15) is 0 Å². The maximum absolute atomic E-state index is 12.7. The molecule has 9 heteroatoms. The molecule has 0 aliphatic carbocycles. The molecule has 0 radical (unpaired) electrons. The quantitative estimate of drug-likeness (QED) is 0.899. The van der Waals surface area contributed by atoms with Crippen molar-refractivity contribution in [2.75, 3.05) is 19.6 Å². The van der Waals surface area contributed by atoms with E-state index >= 15 is 0 Å². The molecule has 0 spiro atoms. The molecule has 6 nitrogen and oxygen atoms in total. The van der Waals surface area contributed by atoms with Crippen LogP contribution in [-0.4, -0.2) is 55.3 Å². The third kappa shape index (κ3) is 4.15. The smallest absolute Gasteiger partial charge is 0.390 e. The molecule has 2 aromatic rings. The second-order valence-corrected chi connectivity index (χ2v) is 6.12. The summed E-state index contributed by atoms with van der Waals surface area (Å²) in [5.41, 5.74) is -0.863. The molecule has 0 saturated carbocycles. The van der Waals surface area contributed by atoms with Gasteiger partial charge in [0.2, 0.25) is 0 Å². The van der Waals surface area contributed by atoms with Crippen LogP contribution in [0.1, 0.15) is 24.6 Å². The van der Waals surface area contributed by atoms with Gasteiger partial charge in [0.05, 0.1) is 18.7 Å². The Kier molecular flexibility index (Phi) is 4.91. The van der Waals surface area contributed by atoms with Crippen LogP contribution in [0.3, 0.4) is 0 Å². The van der Waals surface area contributed by atoms with Gasteiger partial charge in [-0.25, -0.2) is 0 Å². The number of halogens is 3. The van der Waals surface area contributed by atoms with Crippen molar-refractivity contribution >= 4 is 0 Å². The predicted octanol–water partition coefficient (Wildman–Crippen LogP) is 1.80. The molecule has 1 fully saturated rings. The molecule has 3 rings (SSSR count). The summed E-state index contributed by atoms with van der Waals surface area (Å²) < 4.78 is 41.1. The fourth-order valence-electron chi connectivity index (χ4n) is 3.09. The van der Waals surface area contributed by atoms with E-state index in [0.29, 0.717) is 19.6 Å². The van der Waals surface area contributed by atoms with Crippen LogP contribution in [0.2, 0.25) is 0 Å². The number of aromatic nitrogens is 4. The van der Waals surface area contributed by atoms with Gasteiger partial charge in [-0.3, -0.25) is 14.3 Å². The van der Waals surface area contributed by atoms with Crippen molar-refractivity contribution in [2.45, 2.75) is 37.7 Å². The first kappa shape index (κ1) is 17.0. The number of likely N-dealkylation sites (tertiary alicyclic amines) is 1. The summed E-state index contributed by atoms with van der Waals surface area (Å²) in [4.78, 5) is 2.07. The van der Waals surface area contributed by atoms with E-state index in [1.165, 1.54) is 10.9 Å². The highest BCUT2D eigenvalue weighted by molar-refractivity contribution is 5.04. The number of aliphatic hydroxyl groups is 1. The Labute approximate surface area is 137 Å². The Bertz CT molecular complexity index is 640. The lowest BCUT2D eigenvalue weighted by atomic mass is 10.1. The van der Waals surface area contributed by atoms with E-state index in [4.69, 9.17) is 0 Å². The number of hydrogen-bond donors (Lipinski definition) is 1. The number of alkyl halides is 3. The Morgan fingerprint density at radius 1 is 1.29 bits per heavy atom. The molecule has 0 aromatic carbocycles. The number of hydrogen-bond acceptors (Lipinski definition) is 4. The van der Waals surface area contributed by atoms with Crippen molar-refractivity contribution in [3.63, 3.8) is 0 Å². The summed E-state index contributed by atoms with van der Waals surface area (Å²) >= 11 is 0. The molecule has 2 aromatic heterocycles. The Balaban J connectivity index is 1.57. The van der Waals surface area contributed by atoms with E-state index in [-0.39, 0.29) is 6.04 Å². The standard InChI is InChI=1S/C15H20F3N5O/c16-15(17,18)14-4-8-23(20-14)12-3-1-6-21(9-12)10-13(24)11-22-7-2-5-19-22/h2,4-5,7-8,12-13,24H,1,3,6,9-11H2. The first-order valence-electron chi connectivity index (χ1n) is 7.92. The SMILES string of the molecule is OC(CN1CCCC(n2ccc(C(F)(F)F)n2)C1)Cn1cccn1. The van der Waals surface area contributed by atoms with Gasteiger partial charge in [0.15, 0.2) is 5.69 Å². The van der Waals surface area contributed by atoms with Gasteiger partial charge in [-0.05, 0) is 31.5 Å². The molecule has 24 heavy (non-hydrogen) atoms. The van der Waals surface area contributed by atoms with Gasteiger partial charge in [0, 0.05) is 31.7 Å². The second-order valence-electron chi connectivity index (χ2n) is 6.12. The van der Waals surface area contributed by atoms with Gasteiger partial charge in [-0.15, -0.1) is 0 Å². The molecule has 1 aliphatic rings.